The lowest BCUT2D eigenvalue weighted by Gasteiger charge is -1.97. The molecular formula is C20H14N4O2. The predicted molar refractivity (Wildman–Crippen MR) is 101 cm³/mol. The van der Waals surface area contributed by atoms with E-state index in [2.05, 4.69) is 9.97 Å². The summed E-state index contributed by atoms with van der Waals surface area (Å²) >= 11 is 0. The SMILES string of the molecule is Nc1ccc2oc(-c3ccc(-c4nc5cc(N)ccc5o4)cc3)nc2c1. The second kappa shape index (κ2) is 5.35. The van der Waals surface area contributed by atoms with Crippen LogP contribution in [0.15, 0.2) is 69.5 Å². The van der Waals surface area contributed by atoms with Crippen LogP contribution in [0.5, 0.6) is 0 Å². The number of anilines is 2. The number of nitrogens with zero attached hydrogens (tertiary/aromatic N) is 2. The molecule has 0 saturated heterocycles. The normalized spacial score (nSPS) is 11.4. The van der Waals surface area contributed by atoms with Gasteiger partial charge in [-0.05, 0) is 60.7 Å². The highest BCUT2D eigenvalue weighted by molar-refractivity contribution is 5.81. The molecule has 5 aromatic rings. The fraction of sp³-hybridized carbons (Fsp3) is 0. The predicted octanol–water partition coefficient (Wildman–Crippen LogP) is 4.47. The molecule has 4 N–H and O–H groups in total. The van der Waals surface area contributed by atoms with Crippen LogP contribution in [0.3, 0.4) is 0 Å². The van der Waals surface area contributed by atoms with Gasteiger partial charge in [0.2, 0.25) is 11.8 Å². The number of hydrogen-bond donors (Lipinski definition) is 2. The standard InChI is InChI=1S/C20H14N4O2/c21-13-5-7-17-15(9-13)23-19(25-17)11-1-2-12(4-3-11)20-24-16-10-14(22)6-8-18(16)26-20/h1-10H,21-22H2. The van der Waals surface area contributed by atoms with Crippen molar-refractivity contribution in [3.8, 4) is 22.9 Å². The van der Waals surface area contributed by atoms with Gasteiger partial charge in [0.05, 0.1) is 0 Å². The van der Waals surface area contributed by atoms with E-state index in [0.717, 1.165) is 22.2 Å². The van der Waals surface area contributed by atoms with E-state index in [0.29, 0.717) is 34.3 Å². The fourth-order valence-corrected chi connectivity index (χ4v) is 2.89. The average molecular weight is 342 g/mol. The molecule has 0 bridgehead atoms. The lowest BCUT2D eigenvalue weighted by atomic mass is 10.1. The van der Waals surface area contributed by atoms with E-state index in [1.807, 2.05) is 36.4 Å². The Bertz CT molecular complexity index is 1150. The first-order valence-electron chi connectivity index (χ1n) is 8.09. The number of nitrogens with two attached hydrogens (primary N) is 2. The van der Waals surface area contributed by atoms with Gasteiger partial charge in [0.25, 0.3) is 0 Å². The van der Waals surface area contributed by atoms with Gasteiger partial charge >= 0.3 is 0 Å². The first-order chi connectivity index (χ1) is 12.7. The van der Waals surface area contributed by atoms with E-state index in [1.54, 1.807) is 24.3 Å². The maximum atomic E-state index is 5.80. The second-order valence-corrected chi connectivity index (χ2v) is 6.07. The molecule has 0 aliphatic carbocycles. The van der Waals surface area contributed by atoms with Crippen molar-refractivity contribution in [1.82, 2.24) is 9.97 Å². The maximum absolute atomic E-state index is 5.80. The summed E-state index contributed by atoms with van der Waals surface area (Å²) in [7, 11) is 0. The highest BCUT2D eigenvalue weighted by Crippen LogP contribution is 2.29. The highest BCUT2D eigenvalue weighted by Gasteiger charge is 2.11. The molecule has 0 saturated carbocycles. The van der Waals surface area contributed by atoms with Crippen molar-refractivity contribution >= 4 is 33.6 Å². The minimum absolute atomic E-state index is 0.544. The Hall–Kier alpha value is -3.80. The summed E-state index contributed by atoms with van der Waals surface area (Å²) in [5.41, 5.74) is 17.5. The minimum Gasteiger partial charge on any atom is -0.436 e. The Morgan fingerprint density at radius 2 is 1.00 bits per heavy atom. The summed E-state index contributed by atoms with van der Waals surface area (Å²) in [4.78, 5) is 8.98. The van der Waals surface area contributed by atoms with E-state index in [-0.39, 0.29) is 0 Å². The molecule has 0 spiro atoms. The summed E-state index contributed by atoms with van der Waals surface area (Å²) in [6, 6.07) is 18.5. The number of rotatable bonds is 2. The molecule has 2 aromatic heterocycles. The van der Waals surface area contributed by atoms with Crippen molar-refractivity contribution in [3.05, 3.63) is 60.7 Å². The average Bonchev–Trinajstić information content (AvgIpc) is 3.25. The van der Waals surface area contributed by atoms with Crippen molar-refractivity contribution in [2.75, 3.05) is 11.5 Å². The van der Waals surface area contributed by atoms with E-state index in [4.69, 9.17) is 20.3 Å². The zero-order chi connectivity index (χ0) is 17.7. The zero-order valence-electron chi connectivity index (χ0n) is 13.6. The lowest BCUT2D eigenvalue weighted by Crippen LogP contribution is -1.83. The molecule has 3 aromatic carbocycles. The van der Waals surface area contributed by atoms with Crippen LogP contribution >= 0.6 is 0 Å². The Balaban J connectivity index is 1.52. The third kappa shape index (κ3) is 2.36. The van der Waals surface area contributed by atoms with Gasteiger partial charge in [-0.2, -0.15) is 0 Å². The number of nitrogen functional groups attached to an aromatic ring is 2. The number of benzene rings is 3. The Morgan fingerprint density at radius 1 is 0.577 bits per heavy atom. The topological polar surface area (TPSA) is 104 Å². The largest absolute Gasteiger partial charge is 0.436 e. The van der Waals surface area contributed by atoms with Gasteiger partial charge in [0.1, 0.15) is 11.0 Å². The van der Waals surface area contributed by atoms with Crippen molar-refractivity contribution in [2.24, 2.45) is 0 Å². The van der Waals surface area contributed by atoms with Crippen LogP contribution in [0, 0.1) is 0 Å². The first kappa shape index (κ1) is 14.5. The van der Waals surface area contributed by atoms with Gasteiger partial charge in [-0.3, -0.25) is 0 Å². The van der Waals surface area contributed by atoms with Crippen LogP contribution in [-0.2, 0) is 0 Å². The molecule has 0 aliphatic rings. The van der Waals surface area contributed by atoms with Crippen molar-refractivity contribution in [1.29, 1.82) is 0 Å². The zero-order valence-corrected chi connectivity index (χ0v) is 13.6. The molecular weight excluding hydrogens is 328 g/mol. The number of oxazole rings is 2. The van der Waals surface area contributed by atoms with Gasteiger partial charge in [0.15, 0.2) is 11.2 Å². The number of aromatic nitrogens is 2. The molecule has 0 fully saturated rings. The van der Waals surface area contributed by atoms with Crippen molar-refractivity contribution in [3.63, 3.8) is 0 Å². The smallest absolute Gasteiger partial charge is 0.227 e. The lowest BCUT2D eigenvalue weighted by molar-refractivity contribution is 0.617. The first-order valence-corrected chi connectivity index (χ1v) is 8.09. The maximum Gasteiger partial charge on any atom is 0.227 e. The number of hydrogen-bond acceptors (Lipinski definition) is 6. The fourth-order valence-electron chi connectivity index (χ4n) is 2.89. The number of fused-ring (bicyclic) bond motifs is 2. The van der Waals surface area contributed by atoms with Crippen LogP contribution in [0.2, 0.25) is 0 Å². The molecule has 0 atom stereocenters. The van der Waals surface area contributed by atoms with E-state index in [9.17, 15) is 0 Å². The van der Waals surface area contributed by atoms with Crippen molar-refractivity contribution < 1.29 is 8.83 Å². The van der Waals surface area contributed by atoms with Gasteiger partial charge in [0, 0.05) is 22.5 Å². The summed E-state index contributed by atoms with van der Waals surface area (Å²) in [6.07, 6.45) is 0. The van der Waals surface area contributed by atoms with E-state index >= 15 is 0 Å². The van der Waals surface area contributed by atoms with E-state index < -0.39 is 0 Å². The molecule has 2 heterocycles. The monoisotopic (exact) mass is 342 g/mol. The van der Waals surface area contributed by atoms with Crippen molar-refractivity contribution in [2.45, 2.75) is 0 Å². The second-order valence-electron chi connectivity index (χ2n) is 6.07. The Kier molecular flexibility index (Phi) is 2.99. The van der Waals surface area contributed by atoms with Crippen LogP contribution in [0.25, 0.3) is 45.1 Å². The summed E-state index contributed by atoms with van der Waals surface area (Å²) in [5.74, 6) is 1.09. The molecule has 26 heavy (non-hydrogen) atoms. The van der Waals surface area contributed by atoms with Crippen LogP contribution < -0.4 is 11.5 Å². The van der Waals surface area contributed by atoms with E-state index in [1.165, 1.54) is 0 Å². The molecule has 0 amide bonds. The van der Waals surface area contributed by atoms with Gasteiger partial charge in [-0.15, -0.1) is 0 Å². The van der Waals surface area contributed by atoms with Gasteiger partial charge in [-0.25, -0.2) is 9.97 Å². The summed E-state index contributed by atoms with van der Waals surface area (Å²) < 4.78 is 11.6. The van der Waals surface area contributed by atoms with Crippen LogP contribution in [-0.4, -0.2) is 9.97 Å². The molecule has 0 radical (unpaired) electrons. The third-order valence-corrected chi connectivity index (χ3v) is 4.20. The molecule has 126 valence electrons. The Morgan fingerprint density at radius 3 is 1.42 bits per heavy atom. The molecule has 6 nitrogen and oxygen atoms in total. The van der Waals surface area contributed by atoms with Crippen LogP contribution in [0.1, 0.15) is 0 Å². The van der Waals surface area contributed by atoms with Gasteiger partial charge < -0.3 is 20.3 Å². The minimum atomic E-state index is 0.544. The molecule has 0 aliphatic heterocycles. The molecule has 5 rings (SSSR count). The Labute approximate surface area is 148 Å². The molecule has 0 unspecified atom stereocenters. The highest BCUT2D eigenvalue weighted by atomic mass is 16.4. The third-order valence-electron chi connectivity index (χ3n) is 4.20. The summed E-state index contributed by atoms with van der Waals surface area (Å²) in [6.45, 7) is 0. The van der Waals surface area contributed by atoms with Gasteiger partial charge in [-0.1, -0.05) is 0 Å². The van der Waals surface area contributed by atoms with Crippen LogP contribution in [0.4, 0.5) is 11.4 Å². The molecule has 6 heteroatoms. The summed E-state index contributed by atoms with van der Waals surface area (Å²) in [5, 5.41) is 0. The quantitative estimate of drug-likeness (QED) is 0.459.